The van der Waals surface area contributed by atoms with Crippen LogP contribution in [-0.2, 0) is 0 Å². The fourth-order valence-electron chi connectivity index (χ4n) is 0.365. The van der Waals surface area contributed by atoms with E-state index in [1.807, 2.05) is 13.8 Å². The van der Waals surface area contributed by atoms with Crippen molar-refractivity contribution < 1.29 is 10.2 Å². The number of aliphatic hydroxyl groups excluding tert-OH is 1. The molecule has 7 heavy (non-hydrogen) atoms. The zero-order chi connectivity index (χ0) is 5.86. The van der Waals surface area contributed by atoms with Crippen molar-refractivity contribution in [1.29, 1.82) is 0 Å². The summed E-state index contributed by atoms with van der Waals surface area (Å²) in [4.78, 5) is 0. The van der Waals surface area contributed by atoms with Crippen molar-refractivity contribution in [2.75, 3.05) is 0 Å². The van der Waals surface area contributed by atoms with Gasteiger partial charge in [0, 0.05) is 6.42 Å². The lowest BCUT2D eigenvalue weighted by Gasteiger charge is -2.02. The molecule has 0 aliphatic rings. The van der Waals surface area contributed by atoms with Crippen molar-refractivity contribution in [3.05, 3.63) is 6.29 Å². The van der Waals surface area contributed by atoms with Crippen molar-refractivity contribution in [2.24, 2.45) is 5.92 Å². The Morgan fingerprint density at radius 3 is 1.86 bits per heavy atom. The van der Waals surface area contributed by atoms with Crippen LogP contribution in [-0.4, -0.2) is 10.2 Å². The summed E-state index contributed by atoms with van der Waals surface area (Å²) in [6.07, 6.45) is -0.0741. The predicted molar refractivity (Wildman–Crippen MR) is 26.6 cm³/mol. The third kappa shape index (κ3) is 5.92. The fourth-order valence-corrected chi connectivity index (χ4v) is 0.365. The van der Waals surface area contributed by atoms with Crippen molar-refractivity contribution in [1.82, 2.24) is 0 Å². The maximum absolute atomic E-state index is 8.20. The minimum absolute atomic E-state index is 0.338. The van der Waals surface area contributed by atoms with E-state index in [4.69, 9.17) is 10.2 Å². The van der Waals surface area contributed by atoms with Crippen LogP contribution in [0, 0.1) is 12.2 Å². The third-order valence-electron chi connectivity index (χ3n) is 0.591. The second-order valence-corrected chi connectivity index (χ2v) is 2.01. The van der Waals surface area contributed by atoms with E-state index in [2.05, 4.69) is 0 Å². The van der Waals surface area contributed by atoms with E-state index in [9.17, 15) is 0 Å². The molecule has 43 valence electrons. The van der Waals surface area contributed by atoms with Gasteiger partial charge in [0.05, 0.1) is 0 Å². The van der Waals surface area contributed by atoms with Gasteiger partial charge in [-0.05, 0) is 5.92 Å². The molecule has 0 aromatic heterocycles. The Labute approximate surface area is 43.8 Å². The second kappa shape index (κ2) is 2.99. The monoisotopic (exact) mass is 103 g/mol. The first-order valence-electron chi connectivity index (χ1n) is 2.36. The molecule has 0 amide bonds. The molecule has 0 aromatic carbocycles. The van der Waals surface area contributed by atoms with E-state index in [-0.39, 0.29) is 0 Å². The van der Waals surface area contributed by atoms with E-state index in [0.29, 0.717) is 12.3 Å². The summed E-state index contributed by atoms with van der Waals surface area (Å²) in [7, 11) is 0. The highest BCUT2D eigenvalue weighted by Crippen LogP contribution is 2.05. The minimum Gasteiger partial charge on any atom is -0.361 e. The molecule has 0 aliphatic carbocycles. The molecule has 0 saturated carbocycles. The zero-order valence-electron chi connectivity index (χ0n) is 4.68. The molecule has 0 spiro atoms. The Balaban J connectivity index is 2.95. The molecule has 0 bridgehead atoms. The number of aliphatic hydroxyl groups is 2. The van der Waals surface area contributed by atoms with Crippen LogP contribution in [0.5, 0.6) is 0 Å². The lowest BCUT2D eigenvalue weighted by atomic mass is 10.1. The van der Waals surface area contributed by atoms with E-state index >= 15 is 0 Å². The Bertz CT molecular complexity index is 35.3. The van der Waals surface area contributed by atoms with Gasteiger partial charge in [-0.3, -0.25) is 0 Å². The van der Waals surface area contributed by atoms with Crippen LogP contribution in [0.3, 0.4) is 0 Å². The topological polar surface area (TPSA) is 40.5 Å². The maximum Gasteiger partial charge on any atom is 0.218 e. The largest absolute Gasteiger partial charge is 0.361 e. The zero-order valence-corrected chi connectivity index (χ0v) is 4.68. The van der Waals surface area contributed by atoms with E-state index in [0.717, 1.165) is 0 Å². The molecule has 1 radical (unpaired) electrons. The average molecular weight is 103 g/mol. The Morgan fingerprint density at radius 1 is 1.43 bits per heavy atom. The summed E-state index contributed by atoms with van der Waals surface area (Å²) in [5, 5.41) is 16.4. The number of rotatable bonds is 2. The van der Waals surface area contributed by atoms with Crippen LogP contribution in [0.25, 0.3) is 0 Å². The number of hydrogen-bond donors (Lipinski definition) is 2. The van der Waals surface area contributed by atoms with Gasteiger partial charge in [-0.25, -0.2) is 0 Å². The Morgan fingerprint density at radius 2 is 1.86 bits per heavy atom. The fraction of sp³-hybridized carbons (Fsp3) is 0.800. The van der Waals surface area contributed by atoms with Crippen LogP contribution < -0.4 is 0 Å². The molecule has 0 fully saturated rings. The SMILES string of the molecule is CC(C)C[C](O)O. The quantitative estimate of drug-likeness (QED) is 0.552. The smallest absolute Gasteiger partial charge is 0.218 e. The van der Waals surface area contributed by atoms with Gasteiger partial charge in [0.25, 0.3) is 0 Å². The highest BCUT2D eigenvalue weighted by Gasteiger charge is 2.01. The van der Waals surface area contributed by atoms with Gasteiger partial charge in [0.15, 0.2) is 0 Å². The lowest BCUT2D eigenvalue weighted by molar-refractivity contribution is 0.0631. The molecular formula is C5H11O2. The van der Waals surface area contributed by atoms with Gasteiger partial charge in [-0.1, -0.05) is 13.8 Å². The summed E-state index contributed by atoms with van der Waals surface area (Å²) < 4.78 is 0. The molecule has 2 nitrogen and oxygen atoms in total. The standard InChI is InChI=1S/C5H11O2/c1-4(2)3-5(6)7/h4,6-7H,3H2,1-2H3. The summed E-state index contributed by atoms with van der Waals surface area (Å²) >= 11 is 0. The van der Waals surface area contributed by atoms with Gasteiger partial charge in [0.1, 0.15) is 0 Å². The van der Waals surface area contributed by atoms with Crippen molar-refractivity contribution in [3.63, 3.8) is 0 Å². The Hall–Kier alpha value is -0.0800. The van der Waals surface area contributed by atoms with Gasteiger partial charge < -0.3 is 10.2 Å². The molecule has 0 aromatic rings. The first kappa shape index (κ1) is 6.92. The highest BCUT2D eigenvalue weighted by atomic mass is 16.5. The third-order valence-corrected chi connectivity index (χ3v) is 0.591. The van der Waals surface area contributed by atoms with E-state index < -0.39 is 6.29 Å². The molecule has 2 heteroatoms. The highest BCUT2D eigenvalue weighted by molar-refractivity contribution is 4.59. The molecule has 0 unspecified atom stereocenters. The second-order valence-electron chi connectivity index (χ2n) is 2.01. The van der Waals surface area contributed by atoms with Gasteiger partial charge in [-0.2, -0.15) is 0 Å². The molecule has 0 saturated heterocycles. The van der Waals surface area contributed by atoms with Crippen LogP contribution in [0.2, 0.25) is 0 Å². The first-order valence-corrected chi connectivity index (χ1v) is 2.36. The maximum atomic E-state index is 8.20. The number of hydrogen-bond acceptors (Lipinski definition) is 2. The van der Waals surface area contributed by atoms with Crippen LogP contribution in [0.1, 0.15) is 20.3 Å². The van der Waals surface area contributed by atoms with E-state index in [1.165, 1.54) is 0 Å². The van der Waals surface area contributed by atoms with Crippen LogP contribution >= 0.6 is 0 Å². The normalized spacial score (nSPS) is 11.1. The van der Waals surface area contributed by atoms with Crippen LogP contribution in [0.4, 0.5) is 0 Å². The minimum atomic E-state index is -0.463. The first-order chi connectivity index (χ1) is 3.13. The van der Waals surface area contributed by atoms with Gasteiger partial charge >= 0.3 is 0 Å². The van der Waals surface area contributed by atoms with Gasteiger partial charge in [0.2, 0.25) is 6.29 Å². The molecule has 0 heterocycles. The van der Waals surface area contributed by atoms with Crippen molar-refractivity contribution in [2.45, 2.75) is 20.3 Å². The molecule has 0 atom stereocenters. The molecule has 0 aliphatic heterocycles. The van der Waals surface area contributed by atoms with Crippen molar-refractivity contribution in [3.8, 4) is 0 Å². The van der Waals surface area contributed by atoms with Gasteiger partial charge in [-0.15, -0.1) is 0 Å². The van der Waals surface area contributed by atoms with Crippen LogP contribution in [0.15, 0.2) is 0 Å². The summed E-state index contributed by atoms with van der Waals surface area (Å²) in [5.41, 5.74) is 0. The van der Waals surface area contributed by atoms with E-state index in [1.54, 1.807) is 0 Å². The summed E-state index contributed by atoms with van der Waals surface area (Å²) in [5.74, 6) is 0.338. The predicted octanol–water partition coefficient (Wildman–Crippen LogP) is 1.27. The lowest BCUT2D eigenvalue weighted by Crippen LogP contribution is -1.97. The summed E-state index contributed by atoms with van der Waals surface area (Å²) in [6, 6.07) is 0. The Kier molecular flexibility index (Phi) is 2.96. The average Bonchev–Trinajstić information content (AvgIpc) is 1.27. The van der Waals surface area contributed by atoms with Crippen molar-refractivity contribution >= 4 is 0 Å². The molecule has 0 rings (SSSR count). The molecular weight excluding hydrogens is 92.1 g/mol. The summed E-state index contributed by atoms with van der Waals surface area (Å²) in [6.45, 7) is 3.85. The molecule has 2 N–H and O–H groups in total.